The molecule has 0 saturated heterocycles. The molecule has 0 spiro atoms. The normalized spacial score (nSPS) is 27.2. The van der Waals surface area contributed by atoms with Crippen LogP contribution in [0.1, 0.15) is 32.6 Å². The third-order valence-corrected chi connectivity index (χ3v) is 4.61. The van der Waals surface area contributed by atoms with Crippen LogP contribution in [0.3, 0.4) is 0 Å². The summed E-state index contributed by atoms with van der Waals surface area (Å²) < 4.78 is 10.2. The number of aromatic nitrogens is 1. The molecule has 0 radical (unpaired) electrons. The van der Waals surface area contributed by atoms with Crippen LogP contribution in [0.15, 0.2) is 22.1 Å². The van der Waals surface area contributed by atoms with Gasteiger partial charge in [-0.3, -0.25) is 4.79 Å². The highest BCUT2D eigenvalue weighted by atomic mass is 32.2. The van der Waals surface area contributed by atoms with Gasteiger partial charge in [-0.05, 0) is 32.2 Å². The van der Waals surface area contributed by atoms with Crippen molar-refractivity contribution in [3.8, 4) is 0 Å². The standard InChI is InChI=1S/C13H20N2O3S/c1-3-15-13(11(16)17-2)6-4-5-10(9-13)19-12-14-7-8-18-12/h7-8,10,15H,3-6,9H2,1-2H3. The summed E-state index contributed by atoms with van der Waals surface area (Å²) in [6.45, 7) is 2.76. The molecule has 106 valence electrons. The van der Waals surface area contributed by atoms with Gasteiger partial charge in [0.1, 0.15) is 11.8 Å². The highest BCUT2D eigenvalue weighted by Gasteiger charge is 2.43. The number of likely N-dealkylation sites (N-methyl/N-ethyl adjacent to an activating group) is 1. The molecule has 1 fully saturated rings. The van der Waals surface area contributed by atoms with Gasteiger partial charge in [-0.25, -0.2) is 4.98 Å². The summed E-state index contributed by atoms with van der Waals surface area (Å²) in [7, 11) is 1.45. The Morgan fingerprint density at radius 2 is 2.58 bits per heavy atom. The highest BCUT2D eigenvalue weighted by Crippen LogP contribution is 2.38. The van der Waals surface area contributed by atoms with Gasteiger partial charge in [0.15, 0.2) is 0 Å². The third kappa shape index (κ3) is 3.30. The van der Waals surface area contributed by atoms with Gasteiger partial charge in [-0.15, -0.1) is 0 Å². The molecule has 5 nitrogen and oxygen atoms in total. The Bertz CT molecular complexity index is 406. The topological polar surface area (TPSA) is 64.4 Å². The van der Waals surface area contributed by atoms with E-state index in [9.17, 15) is 4.79 Å². The summed E-state index contributed by atoms with van der Waals surface area (Å²) in [4.78, 5) is 16.2. The molecule has 1 aromatic heterocycles. The van der Waals surface area contributed by atoms with Crippen molar-refractivity contribution in [3.05, 3.63) is 12.5 Å². The second-order valence-electron chi connectivity index (χ2n) is 4.74. The number of carbonyl (C=O) groups is 1. The van der Waals surface area contributed by atoms with E-state index in [0.29, 0.717) is 10.5 Å². The van der Waals surface area contributed by atoms with Crippen molar-refractivity contribution in [1.29, 1.82) is 0 Å². The van der Waals surface area contributed by atoms with Gasteiger partial charge in [0, 0.05) is 5.25 Å². The summed E-state index contributed by atoms with van der Waals surface area (Å²) in [5.41, 5.74) is -0.550. The van der Waals surface area contributed by atoms with Crippen molar-refractivity contribution in [1.82, 2.24) is 10.3 Å². The molecule has 2 unspecified atom stereocenters. The molecule has 19 heavy (non-hydrogen) atoms. The summed E-state index contributed by atoms with van der Waals surface area (Å²) in [6, 6.07) is 0. The van der Waals surface area contributed by atoms with Crippen molar-refractivity contribution >= 4 is 17.7 Å². The number of methoxy groups -OCH3 is 1. The largest absolute Gasteiger partial charge is 0.468 e. The minimum absolute atomic E-state index is 0.160. The second-order valence-corrected chi connectivity index (χ2v) is 5.99. The lowest BCUT2D eigenvalue weighted by molar-refractivity contribution is -0.150. The predicted octanol–water partition coefficient (Wildman–Crippen LogP) is 2.23. The Morgan fingerprint density at radius 1 is 1.74 bits per heavy atom. The number of hydrogen-bond donors (Lipinski definition) is 1. The number of ether oxygens (including phenoxy) is 1. The van der Waals surface area contributed by atoms with Crippen LogP contribution in [-0.2, 0) is 9.53 Å². The molecular formula is C13H20N2O3S. The fourth-order valence-electron chi connectivity index (χ4n) is 2.69. The van der Waals surface area contributed by atoms with Crippen LogP contribution < -0.4 is 5.32 Å². The molecule has 0 aromatic carbocycles. The summed E-state index contributed by atoms with van der Waals surface area (Å²) >= 11 is 1.60. The van der Waals surface area contributed by atoms with Gasteiger partial charge >= 0.3 is 5.97 Å². The molecule has 2 rings (SSSR count). The zero-order valence-electron chi connectivity index (χ0n) is 11.3. The zero-order valence-corrected chi connectivity index (χ0v) is 12.2. The number of nitrogens with one attached hydrogen (secondary N) is 1. The quantitative estimate of drug-likeness (QED) is 0.837. The first-order chi connectivity index (χ1) is 9.20. The van der Waals surface area contributed by atoms with E-state index in [4.69, 9.17) is 9.15 Å². The van der Waals surface area contributed by atoms with Crippen LogP contribution in [0.5, 0.6) is 0 Å². The van der Waals surface area contributed by atoms with Crippen LogP contribution in [0, 0.1) is 0 Å². The van der Waals surface area contributed by atoms with E-state index in [2.05, 4.69) is 10.3 Å². The predicted molar refractivity (Wildman–Crippen MR) is 73.0 cm³/mol. The van der Waals surface area contributed by atoms with E-state index in [1.807, 2.05) is 6.92 Å². The minimum Gasteiger partial charge on any atom is -0.468 e. The average molecular weight is 284 g/mol. The third-order valence-electron chi connectivity index (χ3n) is 3.47. The second kappa shape index (κ2) is 6.43. The molecule has 0 aliphatic heterocycles. The maximum atomic E-state index is 12.1. The van der Waals surface area contributed by atoms with E-state index in [-0.39, 0.29) is 5.97 Å². The molecule has 1 aliphatic carbocycles. The highest BCUT2D eigenvalue weighted by molar-refractivity contribution is 7.99. The van der Waals surface area contributed by atoms with E-state index < -0.39 is 5.54 Å². The number of thioether (sulfide) groups is 1. The molecule has 1 saturated carbocycles. The summed E-state index contributed by atoms with van der Waals surface area (Å²) in [6.07, 6.45) is 6.86. The molecule has 2 atom stereocenters. The van der Waals surface area contributed by atoms with Crippen molar-refractivity contribution in [2.24, 2.45) is 0 Å². The molecule has 1 heterocycles. The zero-order chi connectivity index (χ0) is 13.7. The number of oxazole rings is 1. The van der Waals surface area contributed by atoms with Crippen molar-refractivity contribution in [2.75, 3.05) is 13.7 Å². The molecule has 1 N–H and O–H groups in total. The van der Waals surface area contributed by atoms with Crippen molar-refractivity contribution in [2.45, 2.75) is 48.6 Å². The van der Waals surface area contributed by atoms with Gasteiger partial charge in [-0.1, -0.05) is 18.7 Å². The van der Waals surface area contributed by atoms with E-state index >= 15 is 0 Å². The molecule has 0 bridgehead atoms. The molecule has 1 aromatic rings. The van der Waals surface area contributed by atoms with Crippen LogP contribution >= 0.6 is 11.8 Å². The first kappa shape index (κ1) is 14.4. The maximum absolute atomic E-state index is 12.1. The van der Waals surface area contributed by atoms with Gasteiger partial charge in [0.2, 0.25) is 0 Å². The first-order valence-electron chi connectivity index (χ1n) is 6.60. The minimum atomic E-state index is -0.550. The number of carbonyl (C=O) groups excluding carboxylic acids is 1. The Labute approximate surface area is 117 Å². The number of nitrogens with zero attached hydrogens (tertiary/aromatic N) is 1. The SMILES string of the molecule is CCNC1(C(=O)OC)CCCC(Sc2ncco2)C1. The number of esters is 1. The van der Waals surface area contributed by atoms with Gasteiger partial charge < -0.3 is 14.5 Å². The molecule has 6 heteroatoms. The molecular weight excluding hydrogens is 264 g/mol. The number of rotatable bonds is 5. The van der Waals surface area contributed by atoms with Crippen molar-refractivity contribution in [3.63, 3.8) is 0 Å². The van der Waals surface area contributed by atoms with Crippen LogP contribution in [0.25, 0.3) is 0 Å². The van der Waals surface area contributed by atoms with Crippen LogP contribution in [0.4, 0.5) is 0 Å². The fourth-order valence-corrected chi connectivity index (χ4v) is 3.86. The Balaban J connectivity index is 2.06. The summed E-state index contributed by atoms with van der Waals surface area (Å²) in [5.74, 6) is -0.160. The summed E-state index contributed by atoms with van der Waals surface area (Å²) in [5, 5.41) is 4.31. The smallest absolute Gasteiger partial charge is 0.326 e. The van der Waals surface area contributed by atoms with Gasteiger partial charge in [0.25, 0.3) is 5.22 Å². The lowest BCUT2D eigenvalue weighted by Gasteiger charge is -2.38. The molecule has 1 aliphatic rings. The van der Waals surface area contributed by atoms with E-state index in [1.54, 1.807) is 24.2 Å². The van der Waals surface area contributed by atoms with Crippen LogP contribution in [-0.4, -0.2) is 35.4 Å². The maximum Gasteiger partial charge on any atom is 0.326 e. The van der Waals surface area contributed by atoms with Gasteiger partial charge in [0.05, 0.1) is 13.3 Å². The van der Waals surface area contributed by atoms with Crippen LogP contribution in [0.2, 0.25) is 0 Å². The fraction of sp³-hybridized carbons (Fsp3) is 0.692. The average Bonchev–Trinajstić information content (AvgIpc) is 2.91. The number of hydrogen-bond acceptors (Lipinski definition) is 6. The Hall–Kier alpha value is -1.01. The lowest BCUT2D eigenvalue weighted by atomic mass is 9.81. The van der Waals surface area contributed by atoms with E-state index in [0.717, 1.165) is 32.2 Å². The monoisotopic (exact) mass is 284 g/mol. The Kier molecular flexibility index (Phi) is 4.87. The first-order valence-corrected chi connectivity index (χ1v) is 7.48. The van der Waals surface area contributed by atoms with Crippen molar-refractivity contribution < 1.29 is 13.9 Å². The lowest BCUT2D eigenvalue weighted by Crippen LogP contribution is -2.55. The van der Waals surface area contributed by atoms with E-state index in [1.165, 1.54) is 7.11 Å². The molecule has 0 amide bonds. The Morgan fingerprint density at radius 3 is 3.21 bits per heavy atom. The van der Waals surface area contributed by atoms with Gasteiger partial charge in [-0.2, -0.15) is 0 Å².